The molecule has 0 bridgehead atoms. The molecule has 8 nitrogen and oxygen atoms in total. The summed E-state index contributed by atoms with van der Waals surface area (Å²) < 4.78 is 1.14. The topological polar surface area (TPSA) is 101 Å². The van der Waals surface area contributed by atoms with Gasteiger partial charge in [-0.05, 0) is 50.2 Å². The van der Waals surface area contributed by atoms with Gasteiger partial charge < -0.3 is 20.0 Å². The van der Waals surface area contributed by atoms with Crippen LogP contribution in [-0.2, 0) is 20.9 Å². The predicted octanol–water partition coefficient (Wildman–Crippen LogP) is 1.98. The van der Waals surface area contributed by atoms with Crippen LogP contribution in [0.25, 0.3) is 0 Å². The number of piperazine rings is 1. The van der Waals surface area contributed by atoms with Crippen LogP contribution in [0.3, 0.4) is 0 Å². The normalized spacial score (nSPS) is 18.4. The number of hydrogen-bond donors (Lipinski definition) is 2. The molecular weight excluding hydrogens is 454 g/mol. The monoisotopic (exact) mass is 483 g/mol. The first-order valence-corrected chi connectivity index (χ1v) is 11.0. The number of piperidine rings is 1. The standard InChI is InChI=1S/C19H28BrN3O.C2H2O4/c1-2-21-10-12-23(13-11-21)19(24)17-6-8-22(9-7-17)15-16-4-3-5-18(20)14-16;3-1(4)2(5)6/h3-5,14,17H,2,6-13,15H2,1H3;(H,3,4)(H,5,6). The molecule has 2 saturated heterocycles. The van der Waals surface area contributed by atoms with Gasteiger partial charge in [0.15, 0.2) is 0 Å². The van der Waals surface area contributed by atoms with Crippen molar-refractivity contribution in [2.75, 3.05) is 45.8 Å². The number of carbonyl (C=O) groups excluding carboxylic acids is 1. The summed E-state index contributed by atoms with van der Waals surface area (Å²) in [6, 6.07) is 8.51. The highest BCUT2D eigenvalue weighted by Crippen LogP contribution is 2.22. The maximum Gasteiger partial charge on any atom is 0.414 e. The Labute approximate surface area is 185 Å². The first-order chi connectivity index (χ1) is 14.3. The molecule has 2 N–H and O–H groups in total. The average Bonchev–Trinajstić information content (AvgIpc) is 2.74. The number of halogens is 1. The Morgan fingerprint density at radius 2 is 1.57 bits per heavy atom. The number of rotatable bonds is 4. The summed E-state index contributed by atoms with van der Waals surface area (Å²) in [5.74, 6) is -3.02. The van der Waals surface area contributed by atoms with E-state index in [9.17, 15) is 4.79 Å². The van der Waals surface area contributed by atoms with Crippen LogP contribution in [0.15, 0.2) is 28.7 Å². The number of nitrogens with zero attached hydrogens (tertiary/aromatic N) is 3. The van der Waals surface area contributed by atoms with Gasteiger partial charge in [-0.2, -0.15) is 0 Å². The number of likely N-dealkylation sites (N-methyl/N-ethyl adjacent to an activating group) is 1. The number of aliphatic carboxylic acids is 2. The van der Waals surface area contributed by atoms with Gasteiger partial charge in [-0.3, -0.25) is 9.69 Å². The zero-order chi connectivity index (χ0) is 22.1. The molecule has 3 rings (SSSR count). The molecule has 0 atom stereocenters. The number of amides is 1. The molecule has 0 unspecified atom stereocenters. The lowest BCUT2D eigenvalue weighted by atomic mass is 9.94. The van der Waals surface area contributed by atoms with E-state index in [1.54, 1.807) is 0 Å². The smallest absolute Gasteiger partial charge is 0.414 e. The van der Waals surface area contributed by atoms with E-state index in [4.69, 9.17) is 19.8 Å². The van der Waals surface area contributed by atoms with Gasteiger partial charge in [-0.15, -0.1) is 0 Å². The van der Waals surface area contributed by atoms with E-state index < -0.39 is 11.9 Å². The molecule has 0 aliphatic carbocycles. The van der Waals surface area contributed by atoms with E-state index in [0.717, 1.165) is 69.7 Å². The van der Waals surface area contributed by atoms with Gasteiger partial charge in [-0.25, -0.2) is 9.59 Å². The van der Waals surface area contributed by atoms with Crippen molar-refractivity contribution < 1.29 is 24.6 Å². The molecule has 2 fully saturated rings. The highest BCUT2D eigenvalue weighted by atomic mass is 79.9. The third-order valence-corrected chi connectivity index (χ3v) is 6.04. The fourth-order valence-electron chi connectivity index (χ4n) is 3.77. The highest BCUT2D eigenvalue weighted by molar-refractivity contribution is 9.10. The van der Waals surface area contributed by atoms with E-state index in [-0.39, 0.29) is 5.92 Å². The van der Waals surface area contributed by atoms with Crippen LogP contribution in [0.5, 0.6) is 0 Å². The Bertz CT molecular complexity index is 717. The minimum atomic E-state index is -1.82. The van der Waals surface area contributed by atoms with Crippen LogP contribution in [0, 0.1) is 5.92 Å². The van der Waals surface area contributed by atoms with Crippen LogP contribution in [-0.4, -0.2) is 88.6 Å². The third-order valence-electron chi connectivity index (χ3n) is 5.55. The highest BCUT2D eigenvalue weighted by Gasteiger charge is 2.30. The lowest BCUT2D eigenvalue weighted by Gasteiger charge is -2.38. The van der Waals surface area contributed by atoms with E-state index in [1.165, 1.54) is 5.56 Å². The lowest BCUT2D eigenvalue weighted by Crippen LogP contribution is -2.51. The largest absolute Gasteiger partial charge is 0.473 e. The van der Waals surface area contributed by atoms with Gasteiger partial charge in [-0.1, -0.05) is 35.0 Å². The Balaban J connectivity index is 0.000000469. The lowest BCUT2D eigenvalue weighted by molar-refractivity contribution is -0.159. The molecule has 0 radical (unpaired) electrons. The molecule has 1 amide bonds. The minimum Gasteiger partial charge on any atom is -0.473 e. The van der Waals surface area contributed by atoms with E-state index >= 15 is 0 Å². The van der Waals surface area contributed by atoms with E-state index in [0.29, 0.717) is 5.91 Å². The van der Waals surface area contributed by atoms with Crippen LogP contribution in [0.2, 0.25) is 0 Å². The van der Waals surface area contributed by atoms with Crippen molar-refractivity contribution in [1.82, 2.24) is 14.7 Å². The quantitative estimate of drug-likeness (QED) is 0.631. The fraction of sp³-hybridized carbons (Fsp3) is 0.571. The molecule has 30 heavy (non-hydrogen) atoms. The van der Waals surface area contributed by atoms with Crippen LogP contribution in [0.4, 0.5) is 0 Å². The summed E-state index contributed by atoms with van der Waals surface area (Å²) in [5.41, 5.74) is 1.34. The van der Waals surface area contributed by atoms with Crippen molar-refractivity contribution in [2.24, 2.45) is 5.92 Å². The summed E-state index contributed by atoms with van der Waals surface area (Å²) in [6.07, 6.45) is 2.00. The second-order valence-electron chi connectivity index (χ2n) is 7.55. The molecule has 0 saturated carbocycles. The number of benzene rings is 1. The van der Waals surface area contributed by atoms with Crippen molar-refractivity contribution in [3.05, 3.63) is 34.3 Å². The van der Waals surface area contributed by atoms with Crippen molar-refractivity contribution in [1.29, 1.82) is 0 Å². The van der Waals surface area contributed by atoms with Crippen molar-refractivity contribution in [3.8, 4) is 0 Å². The molecule has 2 aliphatic rings. The molecule has 0 spiro atoms. The Morgan fingerprint density at radius 1 is 0.967 bits per heavy atom. The van der Waals surface area contributed by atoms with Crippen LogP contribution in [0.1, 0.15) is 25.3 Å². The first-order valence-electron chi connectivity index (χ1n) is 10.2. The Hall–Kier alpha value is -1.97. The Morgan fingerprint density at radius 3 is 2.07 bits per heavy atom. The molecule has 1 aromatic rings. The van der Waals surface area contributed by atoms with Crippen molar-refractivity contribution in [2.45, 2.75) is 26.3 Å². The molecule has 9 heteroatoms. The number of hydrogen-bond acceptors (Lipinski definition) is 5. The van der Waals surface area contributed by atoms with Gasteiger partial charge in [0, 0.05) is 43.1 Å². The fourth-order valence-corrected chi connectivity index (χ4v) is 4.22. The Kier molecular flexibility index (Phi) is 9.74. The number of likely N-dealkylation sites (tertiary alicyclic amines) is 1. The predicted molar refractivity (Wildman–Crippen MR) is 116 cm³/mol. The van der Waals surface area contributed by atoms with Crippen molar-refractivity contribution >= 4 is 33.8 Å². The van der Waals surface area contributed by atoms with E-state index in [1.807, 2.05) is 0 Å². The molecule has 0 aromatic heterocycles. The second-order valence-corrected chi connectivity index (χ2v) is 8.47. The van der Waals surface area contributed by atoms with Crippen LogP contribution >= 0.6 is 15.9 Å². The minimum absolute atomic E-state index is 0.233. The van der Waals surface area contributed by atoms with Crippen molar-refractivity contribution in [3.63, 3.8) is 0 Å². The van der Waals surface area contributed by atoms with Gasteiger partial charge in [0.2, 0.25) is 5.91 Å². The number of carbonyl (C=O) groups is 3. The van der Waals surface area contributed by atoms with E-state index in [2.05, 4.69) is 61.8 Å². The third kappa shape index (κ3) is 7.70. The molecule has 166 valence electrons. The summed E-state index contributed by atoms with van der Waals surface area (Å²) in [6.45, 7) is 10.2. The summed E-state index contributed by atoms with van der Waals surface area (Å²) in [7, 11) is 0. The SMILES string of the molecule is CCN1CCN(C(=O)C2CCN(Cc3cccc(Br)c3)CC2)CC1.O=C(O)C(=O)O. The molecule has 2 heterocycles. The first kappa shape index (κ1) is 24.3. The van der Waals surface area contributed by atoms with Gasteiger partial charge >= 0.3 is 11.9 Å². The molecule has 2 aliphatic heterocycles. The zero-order valence-electron chi connectivity index (χ0n) is 17.3. The van der Waals surface area contributed by atoms with Crippen LogP contribution < -0.4 is 0 Å². The summed E-state index contributed by atoms with van der Waals surface area (Å²) in [5, 5.41) is 14.8. The summed E-state index contributed by atoms with van der Waals surface area (Å²) >= 11 is 3.54. The second kappa shape index (κ2) is 12.0. The molecular formula is C21H30BrN3O5. The number of carboxylic acids is 2. The van der Waals surface area contributed by atoms with Gasteiger partial charge in [0.05, 0.1) is 0 Å². The summed E-state index contributed by atoms with van der Waals surface area (Å²) in [4.78, 5) is 37.9. The number of carboxylic acid groups (broad SMARTS) is 2. The zero-order valence-corrected chi connectivity index (χ0v) is 18.9. The van der Waals surface area contributed by atoms with Gasteiger partial charge in [0.25, 0.3) is 0 Å². The maximum absolute atomic E-state index is 12.7. The molecule has 1 aromatic carbocycles. The van der Waals surface area contributed by atoms with Gasteiger partial charge in [0.1, 0.15) is 0 Å². The average molecular weight is 484 g/mol. The maximum atomic E-state index is 12.7.